The van der Waals surface area contributed by atoms with E-state index in [1.54, 1.807) is 0 Å². The van der Waals surface area contributed by atoms with E-state index in [0.717, 1.165) is 19.6 Å². The van der Waals surface area contributed by atoms with Gasteiger partial charge in [0, 0.05) is 13.0 Å². The molecule has 1 aliphatic heterocycles. The van der Waals surface area contributed by atoms with Gasteiger partial charge in [0.15, 0.2) is 0 Å². The highest BCUT2D eigenvalue weighted by molar-refractivity contribution is 5.28. The van der Waals surface area contributed by atoms with Crippen molar-refractivity contribution in [3.05, 3.63) is 35.4 Å². The maximum atomic E-state index is 5.68. The maximum absolute atomic E-state index is 5.68. The second-order valence-electron chi connectivity index (χ2n) is 3.46. The fraction of sp³-hybridized carbons (Fsp3) is 0.455. The van der Waals surface area contributed by atoms with Crippen LogP contribution in [-0.4, -0.2) is 19.7 Å². The molecule has 1 unspecified atom stereocenters. The predicted octanol–water partition coefficient (Wildman–Crippen LogP) is 1.35. The smallest absolute Gasteiger partial charge is 0.0744 e. The van der Waals surface area contributed by atoms with Gasteiger partial charge in [0.05, 0.1) is 12.7 Å². The van der Waals surface area contributed by atoms with Crippen LogP contribution in [0.15, 0.2) is 24.3 Å². The van der Waals surface area contributed by atoms with Crippen molar-refractivity contribution in [3.8, 4) is 0 Å². The third-order valence-electron chi connectivity index (χ3n) is 2.47. The van der Waals surface area contributed by atoms with Gasteiger partial charge in [0.2, 0.25) is 0 Å². The zero-order valence-corrected chi connectivity index (χ0v) is 7.92. The fourth-order valence-corrected chi connectivity index (χ4v) is 1.77. The molecule has 2 rings (SSSR count). The molecular weight excluding hydrogens is 162 g/mol. The zero-order chi connectivity index (χ0) is 9.10. The van der Waals surface area contributed by atoms with Crippen LogP contribution < -0.4 is 5.32 Å². The lowest BCUT2D eigenvalue weighted by Gasteiger charge is -2.24. The first kappa shape index (κ1) is 8.73. The largest absolute Gasteiger partial charge is 0.372 e. The van der Waals surface area contributed by atoms with Crippen LogP contribution >= 0.6 is 0 Å². The summed E-state index contributed by atoms with van der Waals surface area (Å²) in [6, 6.07) is 8.51. The molecular formula is C11H15NO. The third-order valence-corrected chi connectivity index (χ3v) is 2.47. The highest BCUT2D eigenvalue weighted by Crippen LogP contribution is 2.19. The van der Waals surface area contributed by atoms with Crippen LogP contribution in [0.3, 0.4) is 0 Å². The molecule has 1 aromatic carbocycles. The molecule has 70 valence electrons. The summed E-state index contributed by atoms with van der Waals surface area (Å²) >= 11 is 0. The molecule has 0 saturated heterocycles. The van der Waals surface area contributed by atoms with Gasteiger partial charge in [-0.3, -0.25) is 0 Å². The van der Waals surface area contributed by atoms with Gasteiger partial charge in [-0.1, -0.05) is 24.3 Å². The first-order chi connectivity index (χ1) is 6.40. The van der Waals surface area contributed by atoms with E-state index in [-0.39, 0.29) is 0 Å². The molecule has 2 nitrogen and oxygen atoms in total. The van der Waals surface area contributed by atoms with Crippen LogP contribution in [0.4, 0.5) is 0 Å². The second-order valence-corrected chi connectivity index (χ2v) is 3.46. The Morgan fingerprint density at radius 1 is 1.38 bits per heavy atom. The average molecular weight is 177 g/mol. The highest BCUT2D eigenvalue weighted by Gasteiger charge is 2.17. The van der Waals surface area contributed by atoms with Crippen LogP contribution in [-0.2, 0) is 17.8 Å². The van der Waals surface area contributed by atoms with Gasteiger partial charge < -0.3 is 10.1 Å². The van der Waals surface area contributed by atoms with Crippen molar-refractivity contribution in [1.29, 1.82) is 0 Å². The lowest BCUT2D eigenvalue weighted by atomic mass is 9.99. The Bertz CT molecular complexity index is 285. The van der Waals surface area contributed by atoms with Crippen LogP contribution in [0, 0.1) is 0 Å². The molecule has 0 fully saturated rings. The summed E-state index contributed by atoms with van der Waals surface area (Å²) in [4.78, 5) is 0. The number of likely N-dealkylation sites (N-methyl/N-ethyl adjacent to an activating group) is 1. The molecule has 0 radical (unpaired) electrons. The average Bonchev–Trinajstić information content (AvgIpc) is 2.18. The molecule has 0 aromatic heterocycles. The van der Waals surface area contributed by atoms with Crippen LogP contribution in [0.5, 0.6) is 0 Å². The summed E-state index contributed by atoms with van der Waals surface area (Å²) in [6.07, 6.45) is 1.39. The molecule has 0 aliphatic carbocycles. The van der Waals surface area contributed by atoms with Crippen LogP contribution in [0.1, 0.15) is 11.1 Å². The van der Waals surface area contributed by atoms with Gasteiger partial charge in [-0.2, -0.15) is 0 Å². The second kappa shape index (κ2) is 3.90. The van der Waals surface area contributed by atoms with Gasteiger partial charge in [-0.15, -0.1) is 0 Å². The van der Waals surface area contributed by atoms with E-state index in [1.165, 1.54) is 11.1 Å². The van der Waals surface area contributed by atoms with Crippen molar-refractivity contribution in [1.82, 2.24) is 5.32 Å². The Kier molecular flexibility index (Phi) is 2.62. The SMILES string of the molecule is CNCC1Cc2ccccc2CO1. The molecule has 13 heavy (non-hydrogen) atoms. The number of rotatable bonds is 2. The van der Waals surface area contributed by atoms with Crippen LogP contribution in [0.2, 0.25) is 0 Å². The van der Waals surface area contributed by atoms with Gasteiger partial charge in [0.25, 0.3) is 0 Å². The first-order valence-electron chi connectivity index (χ1n) is 4.73. The molecule has 1 atom stereocenters. The van der Waals surface area contributed by atoms with Gasteiger partial charge in [-0.25, -0.2) is 0 Å². The normalized spacial score (nSPS) is 21.2. The van der Waals surface area contributed by atoms with E-state index in [0.29, 0.717) is 6.10 Å². The Morgan fingerprint density at radius 2 is 2.15 bits per heavy atom. The molecule has 1 heterocycles. The molecule has 1 aromatic rings. The topological polar surface area (TPSA) is 21.3 Å². The van der Waals surface area contributed by atoms with Crippen molar-refractivity contribution >= 4 is 0 Å². The number of hydrogen-bond acceptors (Lipinski definition) is 2. The van der Waals surface area contributed by atoms with E-state index < -0.39 is 0 Å². The summed E-state index contributed by atoms with van der Waals surface area (Å²) in [5.41, 5.74) is 2.78. The minimum atomic E-state index is 0.347. The predicted molar refractivity (Wildman–Crippen MR) is 52.6 cm³/mol. The summed E-state index contributed by atoms with van der Waals surface area (Å²) < 4.78 is 5.68. The van der Waals surface area contributed by atoms with E-state index in [2.05, 4.69) is 29.6 Å². The van der Waals surface area contributed by atoms with Crippen molar-refractivity contribution in [2.24, 2.45) is 0 Å². The molecule has 0 saturated carbocycles. The Hall–Kier alpha value is -0.860. The van der Waals surface area contributed by atoms with E-state index in [4.69, 9.17) is 4.74 Å². The highest BCUT2D eigenvalue weighted by atomic mass is 16.5. The van der Waals surface area contributed by atoms with E-state index >= 15 is 0 Å². The maximum Gasteiger partial charge on any atom is 0.0744 e. The van der Waals surface area contributed by atoms with Gasteiger partial charge in [0.1, 0.15) is 0 Å². The Labute approximate surface area is 78.9 Å². The van der Waals surface area contributed by atoms with Gasteiger partial charge >= 0.3 is 0 Å². The van der Waals surface area contributed by atoms with Crippen molar-refractivity contribution < 1.29 is 4.74 Å². The summed E-state index contributed by atoms with van der Waals surface area (Å²) in [5.74, 6) is 0. The monoisotopic (exact) mass is 177 g/mol. The van der Waals surface area contributed by atoms with Gasteiger partial charge in [-0.05, 0) is 18.2 Å². The molecule has 1 N–H and O–H groups in total. The van der Waals surface area contributed by atoms with Crippen molar-refractivity contribution in [3.63, 3.8) is 0 Å². The van der Waals surface area contributed by atoms with E-state index in [1.807, 2.05) is 7.05 Å². The molecule has 0 spiro atoms. The number of hydrogen-bond donors (Lipinski definition) is 1. The molecule has 2 heteroatoms. The Balaban J connectivity index is 2.11. The summed E-state index contributed by atoms with van der Waals surface area (Å²) in [5, 5.41) is 3.14. The minimum absolute atomic E-state index is 0.347. The van der Waals surface area contributed by atoms with E-state index in [9.17, 15) is 0 Å². The fourth-order valence-electron chi connectivity index (χ4n) is 1.77. The number of fused-ring (bicyclic) bond motifs is 1. The Morgan fingerprint density at radius 3 is 2.92 bits per heavy atom. The lowest BCUT2D eigenvalue weighted by molar-refractivity contribution is 0.0302. The van der Waals surface area contributed by atoms with Crippen molar-refractivity contribution in [2.75, 3.05) is 13.6 Å². The van der Waals surface area contributed by atoms with Crippen molar-refractivity contribution in [2.45, 2.75) is 19.1 Å². The summed E-state index contributed by atoms with van der Waals surface area (Å²) in [6.45, 7) is 1.71. The molecule has 0 bridgehead atoms. The quantitative estimate of drug-likeness (QED) is 0.736. The number of ether oxygens (including phenoxy) is 1. The first-order valence-corrected chi connectivity index (χ1v) is 4.73. The number of benzene rings is 1. The zero-order valence-electron chi connectivity index (χ0n) is 7.92. The summed E-state index contributed by atoms with van der Waals surface area (Å²) in [7, 11) is 1.96. The minimum Gasteiger partial charge on any atom is -0.372 e. The van der Waals surface area contributed by atoms with Crippen LogP contribution in [0.25, 0.3) is 0 Å². The lowest BCUT2D eigenvalue weighted by Crippen LogP contribution is -2.31. The molecule has 0 amide bonds. The third kappa shape index (κ3) is 1.90. The standard InChI is InChI=1S/C11H15NO/c1-12-7-11-6-9-4-2-3-5-10(9)8-13-11/h2-5,11-12H,6-8H2,1H3. The molecule has 1 aliphatic rings. The number of nitrogens with one attached hydrogen (secondary N) is 1.